The molecule has 1 aromatic rings. The van der Waals surface area contributed by atoms with Crippen LogP contribution in [-0.4, -0.2) is 34.9 Å². The largest absolute Gasteiger partial charge is 0.382 e. The minimum Gasteiger partial charge on any atom is -0.382 e. The topological polar surface area (TPSA) is 110 Å². The second-order valence-electron chi connectivity index (χ2n) is 4.72. The molecule has 0 spiro atoms. The molecule has 0 aliphatic carbocycles. The summed E-state index contributed by atoms with van der Waals surface area (Å²) in [6.07, 6.45) is 2.51. The molecule has 1 rings (SSSR count). The lowest BCUT2D eigenvalue weighted by Gasteiger charge is -2.12. The second kappa shape index (κ2) is 7.42. The van der Waals surface area contributed by atoms with Crippen LogP contribution in [-0.2, 0) is 4.79 Å². The van der Waals surface area contributed by atoms with E-state index in [9.17, 15) is 9.59 Å². The predicted molar refractivity (Wildman–Crippen MR) is 76.4 cm³/mol. The van der Waals surface area contributed by atoms with Crippen molar-refractivity contribution in [2.75, 3.05) is 18.4 Å². The molecule has 0 aliphatic rings. The number of carbonyl (C=O) groups excluding carboxylic acids is 2. The van der Waals surface area contributed by atoms with E-state index in [2.05, 4.69) is 20.6 Å². The number of rotatable bonds is 7. The summed E-state index contributed by atoms with van der Waals surface area (Å²) < 4.78 is 0. The highest BCUT2D eigenvalue weighted by molar-refractivity contribution is 5.99. The summed E-state index contributed by atoms with van der Waals surface area (Å²) in [5.41, 5.74) is 5.80. The van der Waals surface area contributed by atoms with E-state index in [1.165, 1.54) is 0 Å². The molecule has 0 saturated carbocycles. The number of carbonyl (C=O) groups is 2. The van der Waals surface area contributed by atoms with Gasteiger partial charge in [0.15, 0.2) is 5.69 Å². The van der Waals surface area contributed by atoms with Crippen molar-refractivity contribution < 1.29 is 9.59 Å². The highest BCUT2D eigenvalue weighted by Crippen LogP contribution is 2.16. The normalized spacial score (nSPS) is 10.4. The van der Waals surface area contributed by atoms with Crippen molar-refractivity contribution in [1.29, 1.82) is 0 Å². The van der Waals surface area contributed by atoms with Gasteiger partial charge in [-0.15, -0.1) is 0 Å². The molecule has 7 nitrogen and oxygen atoms in total. The van der Waals surface area contributed by atoms with Gasteiger partial charge in [0.05, 0.1) is 18.4 Å². The molecule has 1 aromatic heterocycles. The van der Waals surface area contributed by atoms with Crippen molar-refractivity contribution in [2.45, 2.75) is 33.1 Å². The summed E-state index contributed by atoms with van der Waals surface area (Å²) in [4.78, 5) is 31.3. The second-order valence-corrected chi connectivity index (χ2v) is 4.72. The molecule has 0 atom stereocenters. The first kappa shape index (κ1) is 15.9. The van der Waals surface area contributed by atoms with Crippen LogP contribution in [0.1, 0.15) is 49.4 Å². The van der Waals surface area contributed by atoms with Crippen LogP contribution in [0.25, 0.3) is 0 Å². The molecule has 0 aliphatic heterocycles. The van der Waals surface area contributed by atoms with E-state index >= 15 is 0 Å². The first-order valence-electron chi connectivity index (χ1n) is 6.63. The summed E-state index contributed by atoms with van der Waals surface area (Å²) in [6, 6.07) is 0. The molecule has 4 N–H and O–H groups in total. The lowest BCUT2D eigenvalue weighted by Crippen LogP contribution is -2.34. The van der Waals surface area contributed by atoms with Gasteiger partial charge in [0, 0.05) is 12.5 Å². The molecule has 0 fully saturated rings. The molecule has 0 aromatic carbocycles. The van der Waals surface area contributed by atoms with Gasteiger partial charge in [-0.25, -0.2) is 9.97 Å². The van der Waals surface area contributed by atoms with Crippen LogP contribution in [0.2, 0.25) is 0 Å². The maximum absolute atomic E-state index is 12.1. The number of primary amides is 1. The Morgan fingerprint density at radius 1 is 1.40 bits per heavy atom. The number of nitrogens with zero attached hydrogens (tertiary/aromatic N) is 2. The molecule has 2 amide bonds. The van der Waals surface area contributed by atoms with E-state index in [-0.39, 0.29) is 18.2 Å². The number of anilines is 1. The van der Waals surface area contributed by atoms with Crippen LogP contribution in [0.15, 0.2) is 6.20 Å². The lowest BCUT2D eigenvalue weighted by molar-refractivity contribution is -0.117. The van der Waals surface area contributed by atoms with Crippen LogP contribution in [0.4, 0.5) is 5.69 Å². The SMILES string of the molecule is CCCNc1cnc(C(C)C)nc1C(=O)NCC(N)=O. The number of aromatic nitrogens is 2. The van der Waals surface area contributed by atoms with Gasteiger partial charge >= 0.3 is 0 Å². The summed E-state index contributed by atoms with van der Waals surface area (Å²) in [7, 11) is 0. The minimum atomic E-state index is -0.598. The van der Waals surface area contributed by atoms with Crippen LogP contribution in [0.5, 0.6) is 0 Å². The average molecular weight is 279 g/mol. The standard InChI is InChI=1S/C13H21N5O2/c1-4-5-15-9-6-16-12(8(2)3)18-11(9)13(20)17-7-10(14)19/h6,8,15H,4-5,7H2,1-3H3,(H2,14,19)(H,17,20). The summed E-state index contributed by atoms with van der Waals surface area (Å²) in [6.45, 7) is 6.40. The fourth-order valence-electron chi connectivity index (χ4n) is 1.49. The van der Waals surface area contributed by atoms with Crippen LogP contribution in [0, 0.1) is 0 Å². The Kier molecular flexibility index (Phi) is 5.89. The zero-order chi connectivity index (χ0) is 15.1. The van der Waals surface area contributed by atoms with Gasteiger partial charge in [-0.3, -0.25) is 9.59 Å². The van der Waals surface area contributed by atoms with E-state index in [0.29, 0.717) is 18.1 Å². The van der Waals surface area contributed by atoms with Crippen molar-refractivity contribution in [1.82, 2.24) is 15.3 Å². The Morgan fingerprint density at radius 2 is 2.10 bits per heavy atom. The van der Waals surface area contributed by atoms with Crippen LogP contribution >= 0.6 is 0 Å². The highest BCUT2D eigenvalue weighted by Gasteiger charge is 2.16. The van der Waals surface area contributed by atoms with Crippen molar-refractivity contribution in [3.63, 3.8) is 0 Å². The molecule has 110 valence electrons. The monoisotopic (exact) mass is 279 g/mol. The average Bonchev–Trinajstić information content (AvgIpc) is 2.42. The third kappa shape index (κ3) is 4.49. The Hall–Kier alpha value is -2.18. The maximum Gasteiger partial charge on any atom is 0.272 e. The van der Waals surface area contributed by atoms with Crippen molar-refractivity contribution in [3.8, 4) is 0 Å². The van der Waals surface area contributed by atoms with E-state index in [4.69, 9.17) is 5.73 Å². The van der Waals surface area contributed by atoms with Gasteiger partial charge in [0.1, 0.15) is 5.82 Å². The van der Waals surface area contributed by atoms with Gasteiger partial charge in [-0.05, 0) is 6.42 Å². The Labute approximate surface area is 118 Å². The van der Waals surface area contributed by atoms with Crippen molar-refractivity contribution in [2.24, 2.45) is 5.73 Å². The molecule has 0 saturated heterocycles. The maximum atomic E-state index is 12.1. The van der Waals surface area contributed by atoms with Crippen LogP contribution < -0.4 is 16.4 Å². The van der Waals surface area contributed by atoms with Gasteiger partial charge in [0.2, 0.25) is 5.91 Å². The quantitative estimate of drug-likeness (QED) is 0.678. The predicted octanol–water partition coefficient (Wildman–Crippen LogP) is 0.637. The van der Waals surface area contributed by atoms with Crippen molar-refractivity contribution >= 4 is 17.5 Å². The summed E-state index contributed by atoms with van der Waals surface area (Å²) >= 11 is 0. The number of hydrogen-bond acceptors (Lipinski definition) is 5. The Balaban J connectivity index is 3.00. The Morgan fingerprint density at radius 3 is 2.65 bits per heavy atom. The van der Waals surface area contributed by atoms with E-state index in [1.54, 1.807) is 6.20 Å². The first-order chi connectivity index (χ1) is 9.45. The summed E-state index contributed by atoms with van der Waals surface area (Å²) in [5.74, 6) is -0.347. The molecule has 0 unspecified atom stereocenters. The molecule has 20 heavy (non-hydrogen) atoms. The van der Waals surface area contributed by atoms with Gasteiger partial charge < -0.3 is 16.4 Å². The fraction of sp³-hybridized carbons (Fsp3) is 0.538. The van der Waals surface area contributed by atoms with Gasteiger partial charge in [-0.2, -0.15) is 0 Å². The summed E-state index contributed by atoms with van der Waals surface area (Å²) in [5, 5.41) is 5.53. The number of nitrogens with one attached hydrogen (secondary N) is 2. The van der Waals surface area contributed by atoms with Crippen LogP contribution in [0.3, 0.4) is 0 Å². The highest BCUT2D eigenvalue weighted by atomic mass is 16.2. The molecule has 0 bridgehead atoms. The third-order valence-electron chi connectivity index (χ3n) is 2.53. The third-order valence-corrected chi connectivity index (χ3v) is 2.53. The van der Waals surface area contributed by atoms with E-state index in [1.807, 2.05) is 20.8 Å². The van der Waals surface area contributed by atoms with Crippen molar-refractivity contribution in [3.05, 3.63) is 17.7 Å². The number of nitrogens with two attached hydrogens (primary N) is 1. The molecular formula is C13H21N5O2. The molecule has 7 heteroatoms. The van der Waals surface area contributed by atoms with Gasteiger partial charge in [-0.1, -0.05) is 20.8 Å². The zero-order valence-corrected chi connectivity index (χ0v) is 12.1. The van der Waals surface area contributed by atoms with Gasteiger partial charge in [0.25, 0.3) is 5.91 Å². The first-order valence-corrected chi connectivity index (χ1v) is 6.63. The minimum absolute atomic E-state index is 0.109. The van der Waals surface area contributed by atoms with E-state index < -0.39 is 11.8 Å². The fourth-order valence-corrected chi connectivity index (χ4v) is 1.49. The zero-order valence-electron chi connectivity index (χ0n) is 12.1. The molecule has 1 heterocycles. The lowest BCUT2D eigenvalue weighted by atomic mass is 10.2. The number of hydrogen-bond donors (Lipinski definition) is 3. The smallest absolute Gasteiger partial charge is 0.272 e. The number of amides is 2. The van der Waals surface area contributed by atoms with E-state index in [0.717, 1.165) is 6.42 Å². The molecule has 0 radical (unpaired) electrons. The Bertz CT molecular complexity index is 488. The molecular weight excluding hydrogens is 258 g/mol.